The minimum absolute atomic E-state index is 0.714. The Balaban J connectivity index is 0.000000271. The van der Waals surface area contributed by atoms with Gasteiger partial charge in [0, 0.05) is 13.1 Å². The molecule has 0 aromatic carbocycles. The molecule has 0 radical (unpaired) electrons. The van der Waals surface area contributed by atoms with Crippen LogP contribution in [0, 0.1) is 0 Å². The van der Waals surface area contributed by atoms with Crippen molar-refractivity contribution < 1.29 is 0 Å². The van der Waals surface area contributed by atoms with E-state index in [2.05, 4.69) is 13.2 Å². The zero-order valence-corrected chi connectivity index (χ0v) is 7.13. The Morgan fingerprint density at radius 1 is 1.09 bits per heavy atom. The van der Waals surface area contributed by atoms with Gasteiger partial charge in [-0.05, 0) is 0 Å². The van der Waals surface area contributed by atoms with E-state index in [4.69, 9.17) is 5.84 Å². The van der Waals surface area contributed by atoms with Gasteiger partial charge in [-0.25, -0.2) is 5.01 Å². The molecule has 11 heavy (non-hydrogen) atoms. The van der Waals surface area contributed by atoms with E-state index in [1.807, 2.05) is 0 Å². The number of hydrazine groups is 1. The second-order valence-corrected chi connectivity index (χ2v) is 2.59. The molecular weight excluding hydrogens is 136 g/mol. The predicted octanol–water partition coefficient (Wildman–Crippen LogP) is 1.70. The molecule has 0 amide bonds. The summed E-state index contributed by atoms with van der Waals surface area (Å²) in [7, 11) is 0. The molecule has 64 valence electrons. The lowest BCUT2D eigenvalue weighted by Gasteiger charge is -2.08. The van der Waals surface area contributed by atoms with Gasteiger partial charge >= 0.3 is 0 Å². The van der Waals surface area contributed by atoms with Crippen LogP contribution < -0.4 is 5.84 Å². The van der Waals surface area contributed by atoms with E-state index in [1.165, 1.54) is 19.3 Å². The van der Waals surface area contributed by atoms with Gasteiger partial charge < -0.3 is 0 Å². The van der Waals surface area contributed by atoms with Crippen LogP contribution in [0.2, 0.25) is 0 Å². The fraction of sp³-hybridized carbons (Fsp3) is 0.556. The molecule has 1 rings (SSSR count). The SMILES string of the molecule is C1CC1.C=CCN(N)CC=C. The number of rotatable bonds is 4. The van der Waals surface area contributed by atoms with E-state index in [-0.39, 0.29) is 0 Å². The smallest absolute Gasteiger partial charge is 0.0310 e. The molecule has 0 aromatic rings. The highest BCUT2D eigenvalue weighted by Gasteiger charge is 1.95. The minimum atomic E-state index is 0.714. The van der Waals surface area contributed by atoms with E-state index in [9.17, 15) is 0 Å². The first kappa shape index (κ1) is 10.4. The average Bonchev–Trinajstić information content (AvgIpc) is 2.72. The van der Waals surface area contributed by atoms with Crippen LogP contribution in [0.25, 0.3) is 0 Å². The first-order valence-corrected chi connectivity index (χ1v) is 4.02. The summed E-state index contributed by atoms with van der Waals surface area (Å²) in [6.45, 7) is 8.48. The molecular formula is C9H18N2. The Labute approximate surface area is 69.3 Å². The largest absolute Gasteiger partial charge is 0.268 e. The summed E-state index contributed by atoms with van der Waals surface area (Å²) in [5, 5.41) is 1.62. The number of hydrogen-bond donors (Lipinski definition) is 1. The quantitative estimate of drug-likeness (QED) is 0.379. The molecule has 0 heterocycles. The van der Waals surface area contributed by atoms with Crippen molar-refractivity contribution in [3.63, 3.8) is 0 Å². The maximum atomic E-state index is 5.39. The fourth-order valence-corrected chi connectivity index (χ4v) is 0.406. The highest BCUT2D eigenvalue weighted by atomic mass is 15.4. The summed E-state index contributed by atoms with van der Waals surface area (Å²) in [6, 6.07) is 0. The third kappa shape index (κ3) is 12.6. The van der Waals surface area contributed by atoms with Crippen LogP contribution in [0.1, 0.15) is 19.3 Å². The maximum absolute atomic E-state index is 5.39. The summed E-state index contributed by atoms with van der Waals surface area (Å²) in [6.07, 6.45) is 8.01. The topological polar surface area (TPSA) is 29.3 Å². The van der Waals surface area contributed by atoms with E-state index in [1.54, 1.807) is 17.2 Å². The van der Waals surface area contributed by atoms with Gasteiger partial charge in [0.05, 0.1) is 0 Å². The predicted molar refractivity (Wildman–Crippen MR) is 50.0 cm³/mol. The third-order valence-corrected chi connectivity index (χ3v) is 1.08. The maximum Gasteiger partial charge on any atom is 0.0310 e. The number of hydrogen-bond acceptors (Lipinski definition) is 2. The van der Waals surface area contributed by atoms with Gasteiger partial charge in [-0.2, -0.15) is 0 Å². The molecule has 0 aliphatic heterocycles. The normalized spacial score (nSPS) is 13.3. The van der Waals surface area contributed by atoms with Crippen molar-refractivity contribution in [3.05, 3.63) is 25.3 Å². The summed E-state index contributed by atoms with van der Waals surface area (Å²) in [5.41, 5.74) is 0. The van der Waals surface area contributed by atoms with Crippen LogP contribution in [0.4, 0.5) is 0 Å². The lowest BCUT2D eigenvalue weighted by molar-refractivity contribution is 0.351. The van der Waals surface area contributed by atoms with E-state index >= 15 is 0 Å². The Morgan fingerprint density at radius 3 is 1.64 bits per heavy atom. The molecule has 1 aliphatic rings. The Morgan fingerprint density at radius 2 is 1.45 bits per heavy atom. The molecule has 0 saturated heterocycles. The number of nitrogens with zero attached hydrogens (tertiary/aromatic N) is 1. The Hall–Kier alpha value is -0.600. The van der Waals surface area contributed by atoms with Crippen LogP contribution >= 0.6 is 0 Å². The van der Waals surface area contributed by atoms with Crippen molar-refractivity contribution in [2.24, 2.45) is 5.84 Å². The Bertz CT molecular complexity index is 95.4. The zero-order chi connectivity index (χ0) is 8.53. The molecule has 2 nitrogen and oxygen atoms in total. The summed E-state index contributed by atoms with van der Waals surface area (Å²) in [5.74, 6) is 5.39. The van der Waals surface area contributed by atoms with Crippen LogP contribution in [-0.4, -0.2) is 18.1 Å². The molecule has 0 bridgehead atoms. The molecule has 0 aromatic heterocycles. The van der Waals surface area contributed by atoms with Crippen molar-refractivity contribution in [1.29, 1.82) is 0 Å². The van der Waals surface area contributed by atoms with E-state index in [0.717, 1.165) is 0 Å². The molecule has 1 saturated carbocycles. The van der Waals surface area contributed by atoms with Crippen LogP contribution in [0.15, 0.2) is 25.3 Å². The summed E-state index contributed by atoms with van der Waals surface area (Å²) in [4.78, 5) is 0. The van der Waals surface area contributed by atoms with Crippen molar-refractivity contribution >= 4 is 0 Å². The molecule has 0 atom stereocenters. The van der Waals surface area contributed by atoms with Crippen LogP contribution in [0.3, 0.4) is 0 Å². The minimum Gasteiger partial charge on any atom is -0.268 e. The summed E-state index contributed by atoms with van der Waals surface area (Å²) >= 11 is 0. The van der Waals surface area contributed by atoms with Crippen LogP contribution in [0.5, 0.6) is 0 Å². The molecule has 1 fully saturated rings. The van der Waals surface area contributed by atoms with E-state index in [0.29, 0.717) is 13.1 Å². The van der Waals surface area contributed by atoms with Gasteiger partial charge in [0.1, 0.15) is 0 Å². The molecule has 0 spiro atoms. The Kier molecular flexibility index (Phi) is 7.10. The highest BCUT2D eigenvalue weighted by Crippen LogP contribution is 2.14. The van der Waals surface area contributed by atoms with Crippen molar-refractivity contribution in [1.82, 2.24) is 5.01 Å². The average molecular weight is 154 g/mol. The van der Waals surface area contributed by atoms with Gasteiger partial charge in [0.2, 0.25) is 0 Å². The van der Waals surface area contributed by atoms with Crippen molar-refractivity contribution in [2.45, 2.75) is 19.3 Å². The first-order chi connectivity index (χ1) is 5.31. The monoisotopic (exact) mass is 154 g/mol. The van der Waals surface area contributed by atoms with Gasteiger partial charge in [0.25, 0.3) is 0 Å². The molecule has 1 aliphatic carbocycles. The molecule has 0 unspecified atom stereocenters. The standard InChI is InChI=1S/C6H12N2.C3H6/c1-3-5-8(7)6-4-2;1-2-3-1/h3-4H,1-2,5-7H2;1-3H2. The van der Waals surface area contributed by atoms with Crippen molar-refractivity contribution in [2.75, 3.05) is 13.1 Å². The molecule has 2 N–H and O–H groups in total. The van der Waals surface area contributed by atoms with Gasteiger partial charge in [-0.1, -0.05) is 31.4 Å². The van der Waals surface area contributed by atoms with Crippen LogP contribution in [-0.2, 0) is 0 Å². The first-order valence-electron chi connectivity index (χ1n) is 4.02. The lowest BCUT2D eigenvalue weighted by atomic mass is 10.5. The fourth-order valence-electron chi connectivity index (χ4n) is 0.406. The van der Waals surface area contributed by atoms with Crippen molar-refractivity contribution in [3.8, 4) is 0 Å². The third-order valence-electron chi connectivity index (χ3n) is 1.08. The second kappa shape index (κ2) is 7.51. The van der Waals surface area contributed by atoms with Gasteiger partial charge in [0.15, 0.2) is 0 Å². The zero-order valence-electron chi connectivity index (χ0n) is 7.13. The lowest BCUT2D eigenvalue weighted by Crippen LogP contribution is -2.30. The second-order valence-electron chi connectivity index (χ2n) is 2.59. The number of nitrogens with two attached hydrogens (primary N) is 1. The molecule has 2 heteroatoms. The summed E-state index contributed by atoms with van der Waals surface area (Å²) < 4.78 is 0. The van der Waals surface area contributed by atoms with Gasteiger partial charge in [-0.3, -0.25) is 5.84 Å². The highest BCUT2D eigenvalue weighted by molar-refractivity contribution is 4.75. The van der Waals surface area contributed by atoms with E-state index < -0.39 is 0 Å². The van der Waals surface area contributed by atoms with Gasteiger partial charge in [-0.15, -0.1) is 13.2 Å².